The summed E-state index contributed by atoms with van der Waals surface area (Å²) in [6.07, 6.45) is 1.47. The molecule has 0 unspecified atom stereocenters. The van der Waals surface area contributed by atoms with Gasteiger partial charge in [-0.15, -0.1) is 0 Å². The van der Waals surface area contributed by atoms with Crippen molar-refractivity contribution in [1.82, 2.24) is 14.5 Å². The highest BCUT2D eigenvalue weighted by molar-refractivity contribution is 14.1. The molecule has 38 heavy (non-hydrogen) atoms. The van der Waals surface area contributed by atoms with Crippen molar-refractivity contribution in [2.45, 2.75) is 50.9 Å². The maximum atomic E-state index is 13.7. The summed E-state index contributed by atoms with van der Waals surface area (Å²) in [5.74, 6) is -0.943. The average molecular weight is 630 g/mol. The van der Waals surface area contributed by atoms with Crippen LogP contribution in [0.4, 0.5) is 5.69 Å². The van der Waals surface area contributed by atoms with Crippen LogP contribution < -0.4 is 11.3 Å². The van der Waals surface area contributed by atoms with Gasteiger partial charge in [0.25, 0.3) is 5.56 Å². The summed E-state index contributed by atoms with van der Waals surface area (Å²) < 4.78 is 7.70. The van der Waals surface area contributed by atoms with Crippen molar-refractivity contribution in [3.8, 4) is 11.4 Å². The van der Waals surface area contributed by atoms with Gasteiger partial charge in [0, 0.05) is 38.9 Å². The van der Waals surface area contributed by atoms with Gasteiger partial charge in [-0.05, 0) is 71.5 Å². The Balaban J connectivity index is 1.56. The van der Waals surface area contributed by atoms with E-state index in [1.54, 1.807) is 22.5 Å². The molecule has 198 valence electrons. The molecule has 3 aliphatic heterocycles. The average Bonchev–Trinajstić information content (AvgIpc) is 3.28. The molecule has 1 fully saturated rings. The number of hydrogen-bond acceptors (Lipinski definition) is 8. The van der Waals surface area contributed by atoms with E-state index in [1.165, 1.54) is 0 Å². The van der Waals surface area contributed by atoms with Gasteiger partial charge >= 0.3 is 5.97 Å². The van der Waals surface area contributed by atoms with Crippen molar-refractivity contribution in [3.63, 3.8) is 0 Å². The quantitative estimate of drug-likeness (QED) is 0.177. The van der Waals surface area contributed by atoms with Gasteiger partial charge in [0.2, 0.25) is 5.91 Å². The molecular weight excluding hydrogens is 603 g/mol. The van der Waals surface area contributed by atoms with E-state index in [0.717, 1.165) is 25.6 Å². The predicted molar refractivity (Wildman–Crippen MR) is 147 cm³/mol. The smallest absolute Gasteiger partial charge is 0.343 e. The number of rotatable bonds is 3. The number of likely N-dealkylation sites (tertiary alicyclic amines) is 1. The Kier molecular flexibility index (Phi) is 6.00. The van der Waals surface area contributed by atoms with Gasteiger partial charge in [-0.2, -0.15) is 0 Å². The summed E-state index contributed by atoms with van der Waals surface area (Å²) in [6, 6.07) is 5.59. The van der Waals surface area contributed by atoms with E-state index in [2.05, 4.69) is 22.6 Å². The van der Waals surface area contributed by atoms with Crippen molar-refractivity contribution in [2.75, 3.05) is 25.4 Å². The summed E-state index contributed by atoms with van der Waals surface area (Å²) in [4.78, 5) is 44.9. The van der Waals surface area contributed by atoms with Crippen LogP contribution in [-0.4, -0.2) is 56.2 Å². The molecule has 3 aromatic rings. The number of nitrogen functional groups attached to an aromatic ring is 1. The lowest BCUT2D eigenvalue weighted by molar-refractivity contribution is -0.172. The first-order chi connectivity index (χ1) is 18.2. The fraction of sp³-hybridized carbons (Fsp3) is 0.407. The number of carbonyl (C=O) groups excluding carboxylic acids is 2. The van der Waals surface area contributed by atoms with Crippen LogP contribution in [0.25, 0.3) is 22.3 Å². The SMILES string of the molecule is CC[C@@]1(O)C(=O)OCc2c1cc1n(c2=O)Cc2c-1nc1cc(I)c(N)cc1c2C1CCN(C(=O)CO)CC1. The largest absolute Gasteiger partial charge is 0.458 e. The molecule has 0 saturated carbocycles. The number of pyridine rings is 2. The first kappa shape index (κ1) is 25.3. The number of aliphatic hydroxyl groups is 2. The van der Waals surface area contributed by atoms with Gasteiger partial charge in [-0.1, -0.05) is 6.92 Å². The Labute approximate surface area is 231 Å². The lowest BCUT2D eigenvalue weighted by Crippen LogP contribution is -2.44. The third-order valence-electron chi connectivity index (χ3n) is 8.24. The number of halogens is 1. The number of ether oxygens (including phenoxy) is 1. The number of amides is 1. The highest BCUT2D eigenvalue weighted by Crippen LogP contribution is 2.44. The van der Waals surface area contributed by atoms with Gasteiger partial charge in [0.05, 0.1) is 29.0 Å². The van der Waals surface area contributed by atoms with Crippen molar-refractivity contribution >= 4 is 51.1 Å². The standard InChI is InChI=1S/C27H27IN4O6/c1-2-27(37)17-8-21-24-15(10-32(21)25(35)16(17)12-38-26(27)36)23(13-3-5-31(6-4-13)22(34)11-33)14-7-19(29)18(28)9-20(14)30-24/h7-9,13,33,37H,2-6,10-12,29H2,1H3/t27-/m0/s1. The normalized spacial score (nSPS) is 20.7. The molecule has 0 radical (unpaired) electrons. The summed E-state index contributed by atoms with van der Waals surface area (Å²) in [6.45, 7) is 2.33. The van der Waals surface area contributed by atoms with Crippen LogP contribution in [0.3, 0.4) is 0 Å². The molecule has 11 heteroatoms. The van der Waals surface area contributed by atoms with E-state index < -0.39 is 18.2 Å². The Bertz CT molecular complexity index is 1590. The number of aliphatic hydroxyl groups excluding tert-OH is 1. The Morgan fingerprint density at radius 2 is 1.97 bits per heavy atom. The number of piperidine rings is 1. The molecule has 2 aromatic heterocycles. The monoisotopic (exact) mass is 630 g/mol. The maximum Gasteiger partial charge on any atom is 0.343 e. The molecule has 0 aliphatic carbocycles. The molecule has 10 nitrogen and oxygen atoms in total. The number of hydrogen-bond donors (Lipinski definition) is 3. The molecule has 3 aliphatic rings. The highest BCUT2D eigenvalue weighted by Gasteiger charge is 2.45. The van der Waals surface area contributed by atoms with E-state index in [1.807, 2.05) is 12.1 Å². The van der Waals surface area contributed by atoms with E-state index in [-0.39, 0.29) is 41.5 Å². The van der Waals surface area contributed by atoms with Crippen LogP contribution in [-0.2, 0) is 33.1 Å². The predicted octanol–water partition coefficient (Wildman–Crippen LogP) is 1.96. The number of carbonyl (C=O) groups is 2. The summed E-state index contributed by atoms with van der Waals surface area (Å²) in [7, 11) is 0. The van der Waals surface area contributed by atoms with Crippen molar-refractivity contribution in [1.29, 1.82) is 0 Å². The van der Waals surface area contributed by atoms with Crippen molar-refractivity contribution in [3.05, 3.63) is 54.4 Å². The molecule has 5 heterocycles. The minimum absolute atomic E-state index is 0.0770. The number of fused-ring (bicyclic) bond motifs is 5. The van der Waals surface area contributed by atoms with Crippen LogP contribution in [0.5, 0.6) is 0 Å². The van der Waals surface area contributed by atoms with E-state index >= 15 is 0 Å². The second kappa shape index (κ2) is 9.02. The molecular formula is C27H27IN4O6. The lowest BCUT2D eigenvalue weighted by Gasteiger charge is -2.33. The Morgan fingerprint density at radius 1 is 1.24 bits per heavy atom. The summed E-state index contributed by atoms with van der Waals surface area (Å²) in [5, 5.41) is 21.4. The van der Waals surface area contributed by atoms with E-state index in [0.29, 0.717) is 49.6 Å². The first-order valence-corrected chi connectivity index (χ1v) is 13.7. The number of cyclic esters (lactones) is 1. The Morgan fingerprint density at radius 3 is 2.66 bits per heavy atom. The topological polar surface area (TPSA) is 148 Å². The zero-order valence-corrected chi connectivity index (χ0v) is 22.9. The molecule has 6 rings (SSSR count). The fourth-order valence-electron chi connectivity index (χ4n) is 6.13. The number of nitrogens with two attached hydrogens (primary N) is 1. The van der Waals surface area contributed by atoms with Crippen LogP contribution in [0.2, 0.25) is 0 Å². The van der Waals surface area contributed by atoms with Crippen LogP contribution >= 0.6 is 22.6 Å². The van der Waals surface area contributed by atoms with Gasteiger partial charge in [-0.25, -0.2) is 9.78 Å². The van der Waals surface area contributed by atoms with Gasteiger partial charge in [0.15, 0.2) is 5.60 Å². The zero-order valence-electron chi connectivity index (χ0n) is 20.8. The maximum absolute atomic E-state index is 13.7. The molecule has 1 saturated heterocycles. The molecule has 1 amide bonds. The second-order valence-electron chi connectivity index (χ2n) is 10.2. The van der Waals surface area contributed by atoms with E-state index in [4.69, 9.17) is 15.5 Å². The molecule has 1 aromatic carbocycles. The van der Waals surface area contributed by atoms with Crippen molar-refractivity contribution < 1.29 is 24.5 Å². The lowest BCUT2D eigenvalue weighted by atomic mass is 9.83. The summed E-state index contributed by atoms with van der Waals surface area (Å²) in [5.41, 5.74) is 9.26. The molecule has 0 spiro atoms. The van der Waals surface area contributed by atoms with E-state index in [9.17, 15) is 24.6 Å². The molecule has 0 bridgehead atoms. The minimum Gasteiger partial charge on any atom is -0.458 e. The van der Waals surface area contributed by atoms with Gasteiger partial charge in [-0.3, -0.25) is 9.59 Å². The first-order valence-electron chi connectivity index (χ1n) is 12.6. The van der Waals surface area contributed by atoms with Gasteiger partial charge in [0.1, 0.15) is 13.2 Å². The molecule has 4 N–H and O–H groups in total. The zero-order chi connectivity index (χ0) is 26.9. The highest BCUT2D eigenvalue weighted by atomic mass is 127. The summed E-state index contributed by atoms with van der Waals surface area (Å²) >= 11 is 2.17. The van der Waals surface area contributed by atoms with Crippen LogP contribution in [0, 0.1) is 3.57 Å². The number of esters is 1. The third-order valence-corrected chi connectivity index (χ3v) is 9.18. The number of nitrogens with zero attached hydrogens (tertiary/aromatic N) is 3. The van der Waals surface area contributed by atoms with Crippen molar-refractivity contribution in [2.24, 2.45) is 0 Å². The van der Waals surface area contributed by atoms with Crippen LogP contribution in [0.15, 0.2) is 23.0 Å². The Hall–Kier alpha value is -3.03. The number of aromatic nitrogens is 2. The van der Waals surface area contributed by atoms with Gasteiger partial charge < -0.3 is 30.2 Å². The number of anilines is 1. The van der Waals surface area contributed by atoms with Crippen LogP contribution in [0.1, 0.15) is 54.4 Å². The second-order valence-corrected chi connectivity index (χ2v) is 11.3. The number of benzene rings is 1. The molecule has 1 atom stereocenters. The third kappa shape index (κ3) is 3.58. The minimum atomic E-state index is -1.89. The fourth-order valence-corrected chi connectivity index (χ4v) is 6.58.